The summed E-state index contributed by atoms with van der Waals surface area (Å²) < 4.78 is 13.5. The number of likely N-dealkylation sites (N-methyl/N-ethyl adjacent to an activating group) is 1. The fraction of sp³-hybridized carbons (Fsp3) is 0.353. The fourth-order valence-electron chi connectivity index (χ4n) is 5.62. The number of nitrogens with one attached hydrogen (secondary N) is 1. The van der Waals surface area contributed by atoms with Crippen molar-refractivity contribution in [2.24, 2.45) is 0 Å². The van der Waals surface area contributed by atoms with E-state index in [1.54, 1.807) is 0 Å². The van der Waals surface area contributed by atoms with Crippen LogP contribution in [0.5, 0.6) is 5.75 Å². The number of ether oxygens (including phenoxy) is 2. The van der Waals surface area contributed by atoms with Crippen LogP contribution in [0.15, 0.2) is 60.7 Å². The van der Waals surface area contributed by atoms with E-state index in [0.717, 1.165) is 75.0 Å². The highest BCUT2D eigenvalue weighted by Crippen LogP contribution is 2.36. The first-order chi connectivity index (χ1) is 20.5. The summed E-state index contributed by atoms with van der Waals surface area (Å²) in [5, 5.41) is 18.4. The number of hydrogen-bond acceptors (Lipinski definition) is 6. The van der Waals surface area contributed by atoms with Gasteiger partial charge in [0.15, 0.2) is 0 Å². The van der Waals surface area contributed by atoms with Crippen molar-refractivity contribution in [1.29, 1.82) is 0 Å². The van der Waals surface area contributed by atoms with Crippen molar-refractivity contribution in [2.75, 3.05) is 33.4 Å². The van der Waals surface area contributed by atoms with Crippen molar-refractivity contribution in [3.8, 4) is 16.9 Å². The maximum atomic E-state index is 13.1. The lowest BCUT2D eigenvalue weighted by Crippen LogP contribution is -2.24. The van der Waals surface area contributed by atoms with Crippen molar-refractivity contribution in [3.05, 3.63) is 83.3 Å². The Morgan fingerprint density at radius 1 is 1.05 bits per heavy atom. The fourth-order valence-corrected chi connectivity index (χ4v) is 5.62. The standard InChI is InChI=1S/C34H40N4O4/c1-5-37(4)19-20-38-29(22-39)31(23(3)36-38)28-16-10-15-26-27(33(35-32(26)28)34(40)41-6-2)17-11-21-42-30-18-9-13-24-12-7-8-14-25(24)30/h7-10,12-16,18,35,39H,5-6,11,17,19-22H2,1-4H3. The molecule has 0 aliphatic carbocycles. The molecule has 0 aliphatic rings. The van der Waals surface area contributed by atoms with Crippen LogP contribution < -0.4 is 4.74 Å². The smallest absolute Gasteiger partial charge is 0.355 e. The SMILES string of the molecule is CCOC(=O)c1[nH]c2c(-c3c(C)nn(CCN(C)CC)c3CO)cccc2c1CCCOc1cccc2ccccc12. The van der Waals surface area contributed by atoms with Crippen molar-refractivity contribution in [3.63, 3.8) is 0 Å². The van der Waals surface area contributed by atoms with Gasteiger partial charge in [-0.25, -0.2) is 4.79 Å². The highest BCUT2D eigenvalue weighted by atomic mass is 16.5. The highest BCUT2D eigenvalue weighted by Gasteiger charge is 2.24. The normalized spacial score (nSPS) is 11.6. The summed E-state index contributed by atoms with van der Waals surface area (Å²) in [4.78, 5) is 18.7. The van der Waals surface area contributed by atoms with E-state index < -0.39 is 0 Å². The molecule has 0 atom stereocenters. The molecule has 2 heterocycles. The van der Waals surface area contributed by atoms with Gasteiger partial charge in [0, 0.05) is 28.4 Å². The molecule has 0 amide bonds. The Labute approximate surface area is 246 Å². The van der Waals surface area contributed by atoms with Gasteiger partial charge < -0.3 is 24.5 Å². The van der Waals surface area contributed by atoms with Gasteiger partial charge in [-0.2, -0.15) is 5.10 Å². The molecule has 2 N–H and O–H groups in total. The van der Waals surface area contributed by atoms with E-state index in [2.05, 4.69) is 42.1 Å². The van der Waals surface area contributed by atoms with E-state index in [9.17, 15) is 9.90 Å². The molecule has 5 rings (SSSR count). The summed E-state index contributed by atoms with van der Waals surface area (Å²) in [6, 6.07) is 20.3. The number of aliphatic hydroxyl groups excluding tert-OH is 1. The Balaban J connectivity index is 1.46. The lowest BCUT2D eigenvalue weighted by molar-refractivity contribution is 0.0519. The Hall–Kier alpha value is -4.14. The molecule has 220 valence electrons. The van der Waals surface area contributed by atoms with Crippen LogP contribution >= 0.6 is 0 Å². The third-order valence-corrected chi connectivity index (χ3v) is 7.88. The minimum atomic E-state index is -0.373. The average Bonchev–Trinajstić information content (AvgIpc) is 3.54. The van der Waals surface area contributed by atoms with Crippen molar-refractivity contribution in [1.82, 2.24) is 19.7 Å². The van der Waals surface area contributed by atoms with Gasteiger partial charge in [-0.05, 0) is 57.3 Å². The van der Waals surface area contributed by atoms with Crippen LogP contribution in [0.4, 0.5) is 0 Å². The van der Waals surface area contributed by atoms with E-state index >= 15 is 0 Å². The average molecular weight is 569 g/mol. The molecule has 0 fully saturated rings. The van der Waals surface area contributed by atoms with Gasteiger partial charge in [0.05, 0.1) is 43.3 Å². The molecule has 8 heteroatoms. The summed E-state index contributed by atoms with van der Waals surface area (Å²) in [6.07, 6.45) is 1.35. The largest absolute Gasteiger partial charge is 0.493 e. The zero-order chi connectivity index (χ0) is 29.6. The number of aromatic nitrogens is 3. The third-order valence-electron chi connectivity index (χ3n) is 7.88. The molecular weight excluding hydrogens is 528 g/mol. The number of aromatic amines is 1. The van der Waals surface area contributed by atoms with Crippen LogP contribution in [0.1, 0.15) is 47.7 Å². The Morgan fingerprint density at radius 3 is 2.60 bits per heavy atom. The van der Waals surface area contributed by atoms with Gasteiger partial charge in [0.25, 0.3) is 0 Å². The van der Waals surface area contributed by atoms with Crippen LogP contribution in [0.3, 0.4) is 0 Å². The van der Waals surface area contributed by atoms with Gasteiger partial charge in [-0.1, -0.05) is 61.5 Å². The Kier molecular flexibility index (Phi) is 9.25. The number of benzene rings is 3. The van der Waals surface area contributed by atoms with E-state index in [0.29, 0.717) is 25.3 Å². The summed E-state index contributed by atoms with van der Waals surface area (Å²) in [6.45, 7) is 9.01. The van der Waals surface area contributed by atoms with E-state index in [1.165, 1.54) is 0 Å². The number of hydrogen-bond donors (Lipinski definition) is 2. The van der Waals surface area contributed by atoms with Gasteiger partial charge in [0.2, 0.25) is 0 Å². The number of esters is 1. The summed E-state index contributed by atoms with van der Waals surface area (Å²) in [7, 11) is 2.07. The predicted octanol–water partition coefficient (Wildman–Crippen LogP) is 6.13. The minimum absolute atomic E-state index is 0.133. The molecule has 8 nitrogen and oxygen atoms in total. The molecule has 0 spiro atoms. The van der Waals surface area contributed by atoms with Crippen LogP contribution in [0.25, 0.3) is 32.8 Å². The van der Waals surface area contributed by atoms with E-state index in [-0.39, 0.29) is 19.2 Å². The minimum Gasteiger partial charge on any atom is -0.493 e. The molecule has 42 heavy (non-hydrogen) atoms. The number of para-hydroxylation sites is 1. The van der Waals surface area contributed by atoms with Gasteiger partial charge >= 0.3 is 5.97 Å². The Morgan fingerprint density at radius 2 is 1.81 bits per heavy atom. The first-order valence-corrected chi connectivity index (χ1v) is 14.7. The molecule has 3 aromatic carbocycles. The number of carbonyl (C=O) groups is 1. The number of H-pyrrole nitrogens is 1. The first kappa shape index (κ1) is 29.4. The van der Waals surface area contributed by atoms with Crippen molar-refractivity contribution >= 4 is 27.6 Å². The van der Waals surface area contributed by atoms with Crippen LogP contribution in [-0.4, -0.2) is 64.1 Å². The van der Waals surface area contributed by atoms with Gasteiger partial charge in [-0.15, -0.1) is 0 Å². The monoisotopic (exact) mass is 568 g/mol. The maximum Gasteiger partial charge on any atom is 0.355 e. The lowest BCUT2D eigenvalue weighted by Gasteiger charge is -2.15. The zero-order valence-corrected chi connectivity index (χ0v) is 24.9. The van der Waals surface area contributed by atoms with Crippen LogP contribution in [0.2, 0.25) is 0 Å². The molecular formula is C34H40N4O4. The predicted molar refractivity (Wildman–Crippen MR) is 167 cm³/mol. The summed E-state index contributed by atoms with van der Waals surface area (Å²) in [5.41, 5.74) is 5.62. The molecule has 0 unspecified atom stereocenters. The van der Waals surface area contributed by atoms with Crippen LogP contribution in [-0.2, 0) is 24.3 Å². The third kappa shape index (κ3) is 5.91. The number of fused-ring (bicyclic) bond motifs is 2. The van der Waals surface area contributed by atoms with E-state index in [1.807, 2.05) is 61.0 Å². The maximum absolute atomic E-state index is 13.1. The van der Waals surface area contributed by atoms with Crippen LogP contribution in [0, 0.1) is 6.92 Å². The molecule has 0 saturated heterocycles. The van der Waals surface area contributed by atoms with Crippen molar-refractivity contribution < 1.29 is 19.4 Å². The first-order valence-electron chi connectivity index (χ1n) is 14.7. The number of aliphatic hydroxyl groups is 1. The van der Waals surface area contributed by atoms with Gasteiger partial charge in [-0.3, -0.25) is 4.68 Å². The second kappa shape index (κ2) is 13.2. The summed E-state index contributed by atoms with van der Waals surface area (Å²) in [5.74, 6) is 0.483. The summed E-state index contributed by atoms with van der Waals surface area (Å²) >= 11 is 0. The van der Waals surface area contributed by atoms with E-state index in [4.69, 9.17) is 14.6 Å². The lowest BCUT2D eigenvalue weighted by atomic mass is 9.98. The molecule has 0 bridgehead atoms. The van der Waals surface area contributed by atoms with Gasteiger partial charge in [0.1, 0.15) is 11.4 Å². The number of carbonyl (C=O) groups excluding carboxylic acids is 1. The zero-order valence-electron chi connectivity index (χ0n) is 24.9. The molecule has 2 aromatic heterocycles. The quantitative estimate of drug-likeness (QED) is 0.131. The number of nitrogens with zero attached hydrogens (tertiary/aromatic N) is 3. The molecule has 0 aliphatic heterocycles. The number of aryl methyl sites for hydroxylation is 2. The second-order valence-electron chi connectivity index (χ2n) is 10.5. The highest BCUT2D eigenvalue weighted by molar-refractivity contribution is 6.04. The molecule has 0 radical (unpaired) electrons. The Bertz CT molecular complexity index is 1680. The molecule has 0 saturated carbocycles. The topological polar surface area (TPSA) is 92.6 Å². The number of rotatable bonds is 13. The van der Waals surface area contributed by atoms with Crippen molar-refractivity contribution in [2.45, 2.75) is 46.8 Å². The molecule has 5 aromatic rings. The second-order valence-corrected chi connectivity index (χ2v) is 10.5.